The van der Waals surface area contributed by atoms with Crippen LogP contribution < -0.4 is 5.73 Å². The van der Waals surface area contributed by atoms with Gasteiger partial charge in [0.2, 0.25) is 0 Å². The Morgan fingerprint density at radius 2 is 2.20 bits per heavy atom. The highest BCUT2D eigenvalue weighted by molar-refractivity contribution is 5.12. The van der Waals surface area contributed by atoms with Crippen LogP contribution in [-0.2, 0) is 13.5 Å². The number of hydrogen-bond donors (Lipinski definition) is 1. The largest absolute Gasteiger partial charge is 0.325 e. The van der Waals surface area contributed by atoms with E-state index in [1.54, 1.807) is 0 Å². The molecule has 86 valence electrons. The molecular weight excluding hydrogens is 186 g/mol. The Morgan fingerprint density at radius 3 is 2.60 bits per heavy atom. The first-order valence-electron chi connectivity index (χ1n) is 5.65. The van der Waals surface area contributed by atoms with Gasteiger partial charge in [0.15, 0.2) is 0 Å². The molecule has 1 aromatic rings. The monoisotopic (exact) mass is 209 g/mol. The third-order valence-electron chi connectivity index (χ3n) is 3.40. The number of rotatable bonds is 4. The summed E-state index contributed by atoms with van der Waals surface area (Å²) in [7, 11) is 1.98. The van der Waals surface area contributed by atoms with Crippen molar-refractivity contribution in [3.8, 4) is 0 Å². The Kier molecular flexibility index (Phi) is 3.55. The maximum atomic E-state index is 6.34. The first kappa shape index (κ1) is 12.2. The lowest BCUT2D eigenvalue weighted by Gasteiger charge is -2.31. The van der Waals surface area contributed by atoms with Crippen LogP contribution in [0.15, 0.2) is 6.07 Å². The molecule has 1 heterocycles. The molecule has 2 atom stereocenters. The van der Waals surface area contributed by atoms with Gasteiger partial charge in [-0.2, -0.15) is 5.10 Å². The molecule has 0 spiro atoms. The highest BCUT2D eigenvalue weighted by atomic mass is 15.3. The summed E-state index contributed by atoms with van der Waals surface area (Å²) in [4.78, 5) is 0. The first-order chi connectivity index (χ1) is 6.86. The van der Waals surface area contributed by atoms with Gasteiger partial charge < -0.3 is 5.73 Å². The van der Waals surface area contributed by atoms with E-state index in [9.17, 15) is 0 Å². The second kappa shape index (κ2) is 4.35. The Balaban J connectivity index is 2.81. The van der Waals surface area contributed by atoms with Gasteiger partial charge >= 0.3 is 0 Å². The van der Waals surface area contributed by atoms with Crippen LogP contribution in [0.4, 0.5) is 0 Å². The number of aromatic nitrogens is 2. The minimum Gasteiger partial charge on any atom is -0.325 e. The van der Waals surface area contributed by atoms with Crippen LogP contribution in [0.3, 0.4) is 0 Å². The highest BCUT2D eigenvalue weighted by Gasteiger charge is 2.26. The lowest BCUT2D eigenvalue weighted by atomic mass is 9.82. The van der Waals surface area contributed by atoms with Crippen LogP contribution in [0, 0.1) is 12.8 Å². The molecule has 3 nitrogen and oxygen atoms in total. The van der Waals surface area contributed by atoms with Gasteiger partial charge in [0.05, 0.1) is 5.69 Å². The lowest BCUT2D eigenvalue weighted by molar-refractivity contribution is 0.301. The van der Waals surface area contributed by atoms with E-state index in [1.807, 2.05) is 18.7 Å². The Morgan fingerprint density at radius 1 is 1.60 bits per heavy atom. The van der Waals surface area contributed by atoms with E-state index >= 15 is 0 Å². The van der Waals surface area contributed by atoms with E-state index in [-0.39, 0.29) is 5.54 Å². The van der Waals surface area contributed by atoms with E-state index in [0.717, 1.165) is 18.5 Å². The zero-order valence-corrected chi connectivity index (χ0v) is 10.5. The van der Waals surface area contributed by atoms with Crippen molar-refractivity contribution in [1.82, 2.24) is 9.78 Å². The second-order valence-electron chi connectivity index (χ2n) is 4.89. The standard InChI is InChI=1S/C12H23N3/c1-6-9(2)12(4,13)8-11-7-10(3)14-15(11)5/h7,9H,6,8,13H2,1-5H3. The van der Waals surface area contributed by atoms with Gasteiger partial charge in [0, 0.05) is 24.7 Å². The fraction of sp³-hybridized carbons (Fsp3) is 0.750. The first-order valence-corrected chi connectivity index (χ1v) is 5.65. The molecule has 0 saturated heterocycles. The van der Waals surface area contributed by atoms with Crippen molar-refractivity contribution < 1.29 is 0 Å². The molecule has 0 radical (unpaired) electrons. The molecule has 2 N–H and O–H groups in total. The highest BCUT2D eigenvalue weighted by Crippen LogP contribution is 2.22. The average Bonchev–Trinajstić information content (AvgIpc) is 2.43. The van der Waals surface area contributed by atoms with Crippen LogP contribution in [0.5, 0.6) is 0 Å². The van der Waals surface area contributed by atoms with Crippen molar-refractivity contribution in [2.45, 2.75) is 46.1 Å². The van der Waals surface area contributed by atoms with E-state index in [0.29, 0.717) is 5.92 Å². The SMILES string of the molecule is CCC(C)C(C)(N)Cc1cc(C)nn1C. The third kappa shape index (κ3) is 2.81. The molecule has 15 heavy (non-hydrogen) atoms. The zero-order chi connectivity index (χ0) is 11.6. The van der Waals surface area contributed by atoms with E-state index in [2.05, 4.69) is 31.9 Å². The van der Waals surface area contributed by atoms with E-state index < -0.39 is 0 Å². The summed E-state index contributed by atoms with van der Waals surface area (Å²) in [5, 5.41) is 4.34. The summed E-state index contributed by atoms with van der Waals surface area (Å²) >= 11 is 0. The molecule has 0 amide bonds. The maximum absolute atomic E-state index is 6.34. The van der Waals surface area contributed by atoms with Gasteiger partial charge in [-0.25, -0.2) is 0 Å². The van der Waals surface area contributed by atoms with E-state index in [1.165, 1.54) is 5.69 Å². The zero-order valence-electron chi connectivity index (χ0n) is 10.5. The van der Waals surface area contributed by atoms with E-state index in [4.69, 9.17) is 5.73 Å². The summed E-state index contributed by atoms with van der Waals surface area (Å²) in [6, 6.07) is 2.12. The molecule has 3 heteroatoms. The van der Waals surface area contributed by atoms with Crippen molar-refractivity contribution in [2.24, 2.45) is 18.7 Å². The molecular formula is C12H23N3. The molecule has 0 fully saturated rings. The number of nitrogens with zero attached hydrogens (tertiary/aromatic N) is 2. The minimum atomic E-state index is -0.144. The lowest BCUT2D eigenvalue weighted by Crippen LogP contribution is -2.45. The van der Waals surface area contributed by atoms with Crippen LogP contribution in [0.1, 0.15) is 38.6 Å². The van der Waals surface area contributed by atoms with Crippen molar-refractivity contribution in [3.05, 3.63) is 17.5 Å². The van der Waals surface area contributed by atoms with Gasteiger partial charge in [-0.3, -0.25) is 4.68 Å². The van der Waals surface area contributed by atoms with Gasteiger partial charge in [-0.05, 0) is 25.8 Å². The Labute approximate surface area is 92.7 Å². The number of aryl methyl sites for hydroxylation is 2. The maximum Gasteiger partial charge on any atom is 0.0596 e. The predicted molar refractivity (Wildman–Crippen MR) is 63.7 cm³/mol. The van der Waals surface area contributed by atoms with Crippen LogP contribution in [0.2, 0.25) is 0 Å². The average molecular weight is 209 g/mol. The molecule has 0 bridgehead atoms. The van der Waals surface area contributed by atoms with Crippen molar-refractivity contribution in [1.29, 1.82) is 0 Å². The molecule has 0 aliphatic rings. The smallest absolute Gasteiger partial charge is 0.0596 e. The topological polar surface area (TPSA) is 43.8 Å². The third-order valence-corrected chi connectivity index (χ3v) is 3.40. The van der Waals surface area contributed by atoms with Crippen LogP contribution in [0.25, 0.3) is 0 Å². The molecule has 0 aliphatic carbocycles. The second-order valence-corrected chi connectivity index (χ2v) is 4.89. The van der Waals surface area contributed by atoms with Crippen LogP contribution in [-0.4, -0.2) is 15.3 Å². The van der Waals surface area contributed by atoms with Gasteiger partial charge in [-0.15, -0.1) is 0 Å². The van der Waals surface area contributed by atoms with Crippen LogP contribution >= 0.6 is 0 Å². The minimum absolute atomic E-state index is 0.144. The number of hydrogen-bond acceptors (Lipinski definition) is 2. The molecule has 0 aromatic carbocycles. The van der Waals surface area contributed by atoms with Crippen molar-refractivity contribution >= 4 is 0 Å². The normalized spacial score (nSPS) is 17.5. The van der Waals surface area contributed by atoms with Crippen molar-refractivity contribution in [2.75, 3.05) is 0 Å². The van der Waals surface area contributed by atoms with Gasteiger partial charge in [0.1, 0.15) is 0 Å². The summed E-state index contributed by atoms with van der Waals surface area (Å²) in [6.07, 6.45) is 2.00. The fourth-order valence-corrected chi connectivity index (χ4v) is 1.86. The predicted octanol–water partition coefficient (Wildman–Crippen LogP) is 2.03. The van der Waals surface area contributed by atoms with Crippen molar-refractivity contribution in [3.63, 3.8) is 0 Å². The Bertz CT molecular complexity index is 326. The number of nitrogens with two attached hydrogens (primary N) is 1. The fourth-order valence-electron chi connectivity index (χ4n) is 1.86. The molecule has 1 aromatic heterocycles. The summed E-state index contributed by atoms with van der Waals surface area (Å²) in [5.41, 5.74) is 8.48. The summed E-state index contributed by atoms with van der Waals surface area (Å²) in [5.74, 6) is 0.521. The molecule has 0 aliphatic heterocycles. The molecule has 0 saturated carbocycles. The van der Waals surface area contributed by atoms with Gasteiger partial charge in [0.25, 0.3) is 0 Å². The summed E-state index contributed by atoms with van der Waals surface area (Å²) < 4.78 is 1.93. The summed E-state index contributed by atoms with van der Waals surface area (Å²) in [6.45, 7) is 8.54. The molecule has 1 rings (SSSR count). The quantitative estimate of drug-likeness (QED) is 0.824. The van der Waals surface area contributed by atoms with Gasteiger partial charge in [-0.1, -0.05) is 20.3 Å². The molecule has 2 unspecified atom stereocenters. The Hall–Kier alpha value is -0.830.